The zero-order valence-electron chi connectivity index (χ0n) is 17.5. The van der Waals surface area contributed by atoms with Crippen LogP contribution in [0.3, 0.4) is 0 Å². The minimum absolute atomic E-state index is 0.112. The standard InChI is InChI=1S/C24H25ClN4O2/c1-17-3-5-18(6-4-17)11-12-26-23(30)21-15-22-24(31)28(13-2-14-29(22)27-21)16-19-7-9-20(25)10-8-19/h3-10,15H,2,11-14,16H2,1H3,(H,26,30). The average molecular weight is 437 g/mol. The van der Waals surface area contributed by atoms with Crippen molar-refractivity contribution >= 4 is 23.4 Å². The lowest BCUT2D eigenvalue weighted by molar-refractivity contribution is 0.0745. The van der Waals surface area contributed by atoms with Crippen LogP contribution in [-0.2, 0) is 19.5 Å². The maximum Gasteiger partial charge on any atom is 0.272 e. The van der Waals surface area contributed by atoms with Crippen molar-refractivity contribution in [3.8, 4) is 0 Å². The number of halogens is 1. The van der Waals surface area contributed by atoms with Crippen LogP contribution in [-0.4, -0.2) is 39.6 Å². The molecule has 3 aromatic rings. The molecule has 6 nitrogen and oxygen atoms in total. The van der Waals surface area contributed by atoms with Gasteiger partial charge in [0.25, 0.3) is 11.8 Å². The van der Waals surface area contributed by atoms with Crippen LogP contribution in [0.5, 0.6) is 0 Å². The molecule has 1 aliphatic heterocycles. The first-order valence-electron chi connectivity index (χ1n) is 10.4. The number of rotatable bonds is 6. The zero-order valence-corrected chi connectivity index (χ0v) is 18.2. The number of fused-ring (bicyclic) bond motifs is 1. The van der Waals surface area contributed by atoms with Gasteiger partial charge in [-0.15, -0.1) is 0 Å². The van der Waals surface area contributed by atoms with E-state index in [1.165, 1.54) is 11.1 Å². The number of hydrogen-bond donors (Lipinski definition) is 1. The molecule has 31 heavy (non-hydrogen) atoms. The van der Waals surface area contributed by atoms with Gasteiger partial charge in [0.05, 0.1) is 0 Å². The number of benzene rings is 2. The number of aromatic nitrogens is 2. The van der Waals surface area contributed by atoms with Gasteiger partial charge in [0.1, 0.15) is 5.69 Å². The fourth-order valence-corrected chi connectivity index (χ4v) is 3.80. The highest BCUT2D eigenvalue weighted by Crippen LogP contribution is 2.18. The first kappa shape index (κ1) is 21.1. The second-order valence-corrected chi connectivity index (χ2v) is 8.27. The largest absolute Gasteiger partial charge is 0.350 e. The van der Waals surface area contributed by atoms with Gasteiger partial charge in [0.15, 0.2) is 5.69 Å². The summed E-state index contributed by atoms with van der Waals surface area (Å²) in [6, 6.07) is 17.3. The van der Waals surface area contributed by atoms with Gasteiger partial charge in [-0.1, -0.05) is 53.6 Å². The Balaban J connectivity index is 1.40. The Labute approximate surface area is 186 Å². The molecule has 0 aliphatic carbocycles. The normalized spacial score (nSPS) is 13.6. The van der Waals surface area contributed by atoms with Gasteiger partial charge in [-0.05, 0) is 43.0 Å². The Hall–Kier alpha value is -3.12. The van der Waals surface area contributed by atoms with Crippen LogP contribution in [0, 0.1) is 6.92 Å². The minimum atomic E-state index is -0.260. The van der Waals surface area contributed by atoms with Crippen molar-refractivity contribution in [1.82, 2.24) is 20.0 Å². The highest BCUT2D eigenvalue weighted by atomic mass is 35.5. The van der Waals surface area contributed by atoms with Crippen molar-refractivity contribution in [1.29, 1.82) is 0 Å². The Morgan fingerprint density at radius 1 is 1.06 bits per heavy atom. The molecule has 1 aromatic heterocycles. The summed E-state index contributed by atoms with van der Waals surface area (Å²) in [7, 11) is 0. The molecule has 7 heteroatoms. The van der Waals surface area contributed by atoms with Crippen LogP contribution in [0.2, 0.25) is 5.02 Å². The molecule has 160 valence electrons. The van der Waals surface area contributed by atoms with E-state index in [1.807, 2.05) is 31.2 Å². The number of nitrogens with one attached hydrogen (secondary N) is 1. The fraction of sp³-hybridized carbons (Fsp3) is 0.292. The van der Waals surface area contributed by atoms with E-state index in [-0.39, 0.29) is 17.5 Å². The molecule has 4 rings (SSSR count). The van der Waals surface area contributed by atoms with Crippen molar-refractivity contribution in [3.63, 3.8) is 0 Å². The van der Waals surface area contributed by atoms with Crippen LogP contribution < -0.4 is 5.32 Å². The lowest BCUT2D eigenvalue weighted by Crippen LogP contribution is -2.30. The number of carbonyl (C=O) groups excluding carboxylic acids is 2. The van der Waals surface area contributed by atoms with Gasteiger partial charge in [-0.3, -0.25) is 14.3 Å². The molecule has 0 spiro atoms. The maximum atomic E-state index is 13.1. The van der Waals surface area contributed by atoms with Gasteiger partial charge >= 0.3 is 0 Å². The van der Waals surface area contributed by atoms with E-state index in [9.17, 15) is 9.59 Å². The Morgan fingerprint density at radius 2 is 1.77 bits per heavy atom. The highest BCUT2D eigenvalue weighted by Gasteiger charge is 2.26. The zero-order chi connectivity index (χ0) is 21.8. The third-order valence-electron chi connectivity index (χ3n) is 5.42. The highest BCUT2D eigenvalue weighted by molar-refractivity contribution is 6.30. The predicted octanol–water partition coefficient (Wildman–Crippen LogP) is 3.86. The second-order valence-electron chi connectivity index (χ2n) is 7.84. The van der Waals surface area contributed by atoms with Crippen LogP contribution in [0.4, 0.5) is 0 Å². The summed E-state index contributed by atoms with van der Waals surface area (Å²) in [5.41, 5.74) is 4.12. The Kier molecular flexibility index (Phi) is 6.37. The van der Waals surface area contributed by atoms with Crippen LogP contribution >= 0.6 is 11.6 Å². The van der Waals surface area contributed by atoms with Gasteiger partial charge in [0, 0.05) is 37.3 Å². The van der Waals surface area contributed by atoms with Gasteiger partial charge in [-0.25, -0.2) is 0 Å². The molecule has 0 radical (unpaired) electrons. The third-order valence-corrected chi connectivity index (χ3v) is 5.68. The minimum Gasteiger partial charge on any atom is -0.350 e. The van der Waals surface area contributed by atoms with Gasteiger partial charge in [-0.2, -0.15) is 5.10 Å². The number of aryl methyl sites for hydroxylation is 2. The summed E-state index contributed by atoms with van der Waals surface area (Å²) >= 11 is 5.96. The van der Waals surface area contributed by atoms with E-state index in [4.69, 9.17) is 11.6 Å². The number of amides is 2. The van der Waals surface area contributed by atoms with Crippen molar-refractivity contribution < 1.29 is 9.59 Å². The van der Waals surface area contributed by atoms with E-state index >= 15 is 0 Å². The molecule has 1 N–H and O–H groups in total. The van der Waals surface area contributed by atoms with Crippen molar-refractivity contribution in [2.45, 2.75) is 32.9 Å². The van der Waals surface area contributed by atoms with Gasteiger partial charge in [0.2, 0.25) is 0 Å². The van der Waals surface area contributed by atoms with Crippen molar-refractivity contribution in [2.75, 3.05) is 13.1 Å². The van der Waals surface area contributed by atoms with Crippen molar-refractivity contribution in [3.05, 3.63) is 87.7 Å². The fourth-order valence-electron chi connectivity index (χ4n) is 3.67. The van der Waals surface area contributed by atoms with Crippen LogP contribution in [0.1, 0.15) is 44.1 Å². The first-order chi connectivity index (χ1) is 15.0. The monoisotopic (exact) mass is 436 g/mol. The predicted molar refractivity (Wildman–Crippen MR) is 120 cm³/mol. The lowest BCUT2D eigenvalue weighted by atomic mass is 10.1. The molecular formula is C24H25ClN4O2. The van der Waals surface area contributed by atoms with E-state index in [0.717, 1.165) is 18.4 Å². The summed E-state index contributed by atoms with van der Waals surface area (Å²) in [4.78, 5) is 27.5. The first-order valence-corrected chi connectivity index (χ1v) is 10.8. The van der Waals surface area contributed by atoms with Crippen LogP contribution in [0.15, 0.2) is 54.6 Å². The summed E-state index contributed by atoms with van der Waals surface area (Å²) in [6.07, 6.45) is 1.52. The molecule has 0 saturated heterocycles. The van der Waals surface area contributed by atoms with E-state index in [2.05, 4.69) is 34.7 Å². The van der Waals surface area contributed by atoms with Gasteiger partial charge < -0.3 is 10.2 Å². The van der Waals surface area contributed by atoms with E-state index in [0.29, 0.717) is 36.9 Å². The molecule has 2 aromatic carbocycles. The molecular weight excluding hydrogens is 412 g/mol. The smallest absolute Gasteiger partial charge is 0.272 e. The Bertz CT molecular complexity index is 1070. The maximum absolute atomic E-state index is 13.1. The molecule has 0 unspecified atom stereocenters. The summed E-state index contributed by atoms with van der Waals surface area (Å²) in [6.45, 7) is 4.31. The Morgan fingerprint density at radius 3 is 2.52 bits per heavy atom. The summed E-state index contributed by atoms with van der Waals surface area (Å²) in [5, 5.41) is 7.97. The molecule has 0 atom stereocenters. The van der Waals surface area contributed by atoms with E-state index in [1.54, 1.807) is 15.6 Å². The molecule has 0 bridgehead atoms. The molecule has 0 fully saturated rings. The van der Waals surface area contributed by atoms with Crippen molar-refractivity contribution in [2.24, 2.45) is 0 Å². The lowest BCUT2D eigenvalue weighted by Gasteiger charge is -2.20. The number of nitrogens with zero attached hydrogens (tertiary/aromatic N) is 3. The molecule has 0 saturated carbocycles. The van der Waals surface area contributed by atoms with E-state index < -0.39 is 0 Å². The topological polar surface area (TPSA) is 67.2 Å². The quantitative estimate of drug-likeness (QED) is 0.638. The average Bonchev–Trinajstić information content (AvgIpc) is 3.14. The third kappa shape index (κ3) is 5.14. The number of hydrogen-bond acceptors (Lipinski definition) is 3. The SMILES string of the molecule is Cc1ccc(CCNC(=O)c2cc3n(n2)CCCN(Cc2ccc(Cl)cc2)C3=O)cc1. The summed E-state index contributed by atoms with van der Waals surface area (Å²) < 4.78 is 1.65. The number of carbonyl (C=O) groups is 2. The van der Waals surface area contributed by atoms with Crippen LogP contribution in [0.25, 0.3) is 0 Å². The molecule has 2 amide bonds. The second kappa shape index (κ2) is 9.35. The summed E-state index contributed by atoms with van der Waals surface area (Å²) in [5.74, 6) is -0.372. The molecule has 2 heterocycles. The molecule has 1 aliphatic rings.